The lowest BCUT2D eigenvalue weighted by molar-refractivity contribution is 0.0994. The Morgan fingerprint density at radius 1 is 1.00 bits per heavy atom. The first kappa shape index (κ1) is 13.4. The molecule has 3 heteroatoms. The fourth-order valence-electron chi connectivity index (χ4n) is 2.73. The number of nitrogens with zero attached hydrogens (tertiary/aromatic N) is 2. The van der Waals surface area contributed by atoms with Crippen LogP contribution in [-0.2, 0) is 7.05 Å². The van der Waals surface area contributed by atoms with E-state index in [0.29, 0.717) is 0 Å². The topological polar surface area (TPSA) is 25.2 Å². The number of fused-ring (bicyclic) bond motifs is 1. The first-order valence-corrected chi connectivity index (χ1v) is 6.98. The van der Waals surface area contributed by atoms with Gasteiger partial charge in [-0.3, -0.25) is 4.79 Å². The monoisotopic (exact) mass is 278 g/mol. The predicted molar refractivity (Wildman–Crippen MR) is 86.8 cm³/mol. The lowest BCUT2D eigenvalue weighted by Gasteiger charge is -2.17. The molecule has 0 saturated carbocycles. The van der Waals surface area contributed by atoms with Crippen LogP contribution >= 0.6 is 0 Å². The van der Waals surface area contributed by atoms with Crippen LogP contribution in [0.5, 0.6) is 0 Å². The first-order chi connectivity index (χ1) is 10.1. The van der Waals surface area contributed by atoms with Gasteiger partial charge >= 0.3 is 0 Å². The fourth-order valence-corrected chi connectivity index (χ4v) is 2.73. The van der Waals surface area contributed by atoms with E-state index in [0.717, 1.165) is 27.8 Å². The van der Waals surface area contributed by atoms with Gasteiger partial charge in [-0.25, -0.2) is 0 Å². The number of para-hydroxylation sites is 2. The SMILES string of the molecule is Cc1c(C(=O)N(C)c2ccccc2)c2ccccc2n1C. The minimum Gasteiger partial charge on any atom is -0.347 e. The third kappa shape index (κ3) is 2.11. The second kappa shape index (κ2) is 5.09. The van der Waals surface area contributed by atoms with E-state index in [4.69, 9.17) is 0 Å². The van der Waals surface area contributed by atoms with E-state index in [1.54, 1.807) is 4.90 Å². The molecule has 1 aromatic heterocycles. The quantitative estimate of drug-likeness (QED) is 0.700. The summed E-state index contributed by atoms with van der Waals surface area (Å²) in [4.78, 5) is 14.6. The van der Waals surface area contributed by atoms with Crippen LogP contribution in [0.15, 0.2) is 54.6 Å². The van der Waals surface area contributed by atoms with Crippen molar-refractivity contribution in [3.05, 3.63) is 65.9 Å². The van der Waals surface area contributed by atoms with E-state index in [-0.39, 0.29) is 5.91 Å². The second-order valence-corrected chi connectivity index (χ2v) is 5.24. The lowest BCUT2D eigenvalue weighted by atomic mass is 10.1. The lowest BCUT2D eigenvalue weighted by Crippen LogP contribution is -2.26. The number of aryl methyl sites for hydroxylation is 1. The summed E-state index contributed by atoms with van der Waals surface area (Å²) < 4.78 is 2.07. The Hall–Kier alpha value is -2.55. The smallest absolute Gasteiger partial charge is 0.260 e. The van der Waals surface area contributed by atoms with Crippen molar-refractivity contribution in [1.29, 1.82) is 0 Å². The summed E-state index contributed by atoms with van der Waals surface area (Å²) >= 11 is 0. The van der Waals surface area contributed by atoms with Crippen molar-refractivity contribution in [3.63, 3.8) is 0 Å². The Morgan fingerprint density at radius 3 is 2.33 bits per heavy atom. The van der Waals surface area contributed by atoms with Crippen molar-refractivity contribution in [1.82, 2.24) is 4.57 Å². The summed E-state index contributed by atoms with van der Waals surface area (Å²) in [6.07, 6.45) is 0. The van der Waals surface area contributed by atoms with E-state index < -0.39 is 0 Å². The van der Waals surface area contributed by atoms with Gasteiger partial charge in [0.25, 0.3) is 5.91 Å². The van der Waals surface area contributed by atoms with Crippen LogP contribution in [0.1, 0.15) is 16.1 Å². The molecule has 0 saturated heterocycles. The van der Waals surface area contributed by atoms with Crippen molar-refractivity contribution in [2.75, 3.05) is 11.9 Å². The molecule has 1 amide bonds. The Morgan fingerprint density at radius 2 is 1.62 bits per heavy atom. The highest BCUT2D eigenvalue weighted by Crippen LogP contribution is 2.27. The van der Waals surface area contributed by atoms with Crippen LogP contribution in [0, 0.1) is 6.92 Å². The Kier molecular flexibility index (Phi) is 3.26. The van der Waals surface area contributed by atoms with Crippen LogP contribution in [0.2, 0.25) is 0 Å². The molecule has 21 heavy (non-hydrogen) atoms. The van der Waals surface area contributed by atoms with Gasteiger partial charge in [-0.2, -0.15) is 0 Å². The van der Waals surface area contributed by atoms with Crippen LogP contribution in [0.4, 0.5) is 5.69 Å². The third-order valence-corrected chi connectivity index (χ3v) is 4.06. The molecule has 0 bridgehead atoms. The van der Waals surface area contributed by atoms with Gasteiger partial charge in [0.05, 0.1) is 5.56 Å². The molecular weight excluding hydrogens is 260 g/mol. The first-order valence-electron chi connectivity index (χ1n) is 6.98. The maximum Gasteiger partial charge on any atom is 0.260 e. The van der Waals surface area contributed by atoms with E-state index in [1.807, 2.05) is 75.6 Å². The molecular formula is C18H18N2O. The average Bonchev–Trinajstić information content (AvgIpc) is 2.79. The molecule has 106 valence electrons. The van der Waals surface area contributed by atoms with Crippen LogP contribution in [-0.4, -0.2) is 17.5 Å². The molecule has 1 heterocycles. The maximum absolute atomic E-state index is 12.9. The Bertz CT molecular complexity index is 803. The molecule has 2 aromatic carbocycles. The minimum absolute atomic E-state index is 0.0236. The highest BCUT2D eigenvalue weighted by molar-refractivity contribution is 6.15. The zero-order valence-electron chi connectivity index (χ0n) is 12.5. The molecule has 0 atom stereocenters. The van der Waals surface area contributed by atoms with Crippen LogP contribution in [0.25, 0.3) is 10.9 Å². The number of rotatable bonds is 2. The van der Waals surface area contributed by atoms with Crippen LogP contribution in [0.3, 0.4) is 0 Å². The number of hydrogen-bond donors (Lipinski definition) is 0. The fraction of sp³-hybridized carbons (Fsp3) is 0.167. The van der Waals surface area contributed by atoms with E-state index in [9.17, 15) is 4.79 Å². The molecule has 0 unspecified atom stereocenters. The van der Waals surface area contributed by atoms with Gasteiger partial charge in [0, 0.05) is 36.4 Å². The molecule has 3 nitrogen and oxygen atoms in total. The van der Waals surface area contributed by atoms with Crippen molar-refractivity contribution in [2.45, 2.75) is 6.92 Å². The number of carbonyl (C=O) groups is 1. The third-order valence-electron chi connectivity index (χ3n) is 4.06. The summed E-state index contributed by atoms with van der Waals surface area (Å²) in [5, 5.41) is 1.00. The largest absolute Gasteiger partial charge is 0.347 e. The summed E-state index contributed by atoms with van der Waals surface area (Å²) in [6, 6.07) is 17.7. The van der Waals surface area contributed by atoms with Gasteiger partial charge in [-0.1, -0.05) is 36.4 Å². The Labute approximate surface area is 124 Å². The number of amides is 1. The summed E-state index contributed by atoms with van der Waals surface area (Å²) in [5.41, 5.74) is 3.75. The van der Waals surface area contributed by atoms with Crippen molar-refractivity contribution in [3.8, 4) is 0 Å². The molecule has 3 aromatic rings. The standard InChI is InChI=1S/C18H18N2O/c1-13-17(15-11-7-8-12-16(15)19(13)2)18(21)20(3)14-9-5-4-6-10-14/h4-12H,1-3H3. The van der Waals surface area contributed by atoms with Gasteiger partial charge < -0.3 is 9.47 Å². The summed E-state index contributed by atoms with van der Waals surface area (Å²) in [7, 11) is 3.82. The molecule has 0 aliphatic rings. The number of anilines is 1. The molecule has 0 spiro atoms. The number of carbonyl (C=O) groups excluding carboxylic acids is 1. The maximum atomic E-state index is 12.9. The van der Waals surface area contributed by atoms with Crippen LogP contribution < -0.4 is 4.90 Å². The predicted octanol–water partition coefficient (Wildman–Crippen LogP) is 3.76. The van der Waals surface area contributed by atoms with Gasteiger partial charge in [0.15, 0.2) is 0 Å². The zero-order chi connectivity index (χ0) is 15.0. The van der Waals surface area contributed by atoms with Gasteiger partial charge in [0.1, 0.15) is 0 Å². The minimum atomic E-state index is 0.0236. The highest BCUT2D eigenvalue weighted by Gasteiger charge is 2.21. The molecule has 0 N–H and O–H groups in total. The normalized spacial score (nSPS) is 10.8. The van der Waals surface area contributed by atoms with E-state index >= 15 is 0 Å². The molecule has 0 fully saturated rings. The average molecular weight is 278 g/mol. The number of aromatic nitrogens is 1. The number of benzene rings is 2. The molecule has 0 aliphatic heterocycles. The molecule has 0 aliphatic carbocycles. The van der Waals surface area contributed by atoms with Gasteiger partial charge in [0.2, 0.25) is 0 Å². The Balaban J connectivity index is 2.13. The summed E-state index contributed by atoms with van der Waals surface area (Å²) in [6.45, 7) is 1.99. The van der Waals surface area contributed by atoms with Gasteiger partial charge in [-0.05, 0) is 25.1 Å². The van der Waals surface area contributed by atoms with E-state index in [2.05, 4.69) is 4.57 Å². The van der Waals surface area contributed by atoms with Crippen molar-refractivity contribution >= 4 is 22.5 Å². The zero-order valence-corrected chi connectivity index (χ0v) is 12.5. The number of hydrogen-bond acceptors (Lipinski definition) is 1. The second-order valence-electron chi connectivity index (χ2n) is 5.24. The van der Waals surface area contributed by atoms with Crippen molar-refractivity contribution < 1.29 is 4.79 Å². The highest BCUT2D eigenvalue weighted by atomic mass is 16.2. The van der Waals surface area contributed by atoms with Crippen molar-refractivity contribution in [2.24, 2.45) is 7.05 Å². The molecule has 0 radical (unpaired) electrons. The summed E-state index contributed by atoms with van der Waals surface area (Å²) in [5.74, 6) is 0.0236. The van der Waals surface area contributed by atoms with E-state index in [1.165, 1.54) is 0 Å². The van der Waals surface area contributed by atoms with Gasteiger partial charge in [-0.15, -0.1) is 0 Å². The molecule has 3 rings (SSSR count).